The topological polar surface area (TPSA) is 86.5 Å². The number of anilines is 3. The maximum atomic E-state index is 12.6. The van der Waals surface area contributed by atoms with E-state index in [2.05, 4.69) is 36.2 Å². The summed E-state index contributed by atoms with van der Waals surface area (Å²) in [6.07, 6.45) is 12.0. The number of carbonyl (C=O) groups excluding carboxylic acids is 1. The molecule has 0 unspecified atom stereocenters. The molecule has 0 aromatic carbocycles. The summed E-state index contributed by atoms with van der Waals surface area (Å²) in [7, 11) is 0. The summed E-state index contributed by atoms with van der Waals surface area (Å²) in [5, 5.41) is 0. The predicted molar refractivity (Wildman–Crippen MR) is 132 cm³/mol. The molecule has 0 N–H and O–H groups in total. The average molecular weight is 450 g/mol. The third kappa shape index (κ3) is 5.85. The fraction of sp³-hybridized carbons (Fsp3) is 0.348. The van der Waals surface area contributed by atoms with Gasteiger partial charge >= 0.3 is 6.03 Å². The molecule has 0 aliphatic carbocycles. The molecule has 2 aromatic heterocycles. The number of hydrogen-bond acceptors (Lipinski definition) is 8. The predicted octanol–water partition coefficient (Wildman–Crippen LogP) is 2.22. The highest BCUT2D eigenvalue weighted by atomic mass is 16.2. The number of carbonyl (C=O) groups is 1. The van der Waals surface area contributed by atoms with Crippen molar-refractivity contribution in [3.8, 4) is 0 Å². The van der Waals surface area contributed by atoms with Gasteiger partial charge in [-0.1, -0.05) is 24.3 Å². The van der Waals surface area contributed by atoms with Crippen molar-refractivity contribution < 1.29 is 4.79 Å². The molecule has 0 saturated carbocycles. The van der Waals surface area contributed by atoms with E-state index >= 15 is 0 Å². The number of imidazole rings is 1. The van der Waals surface area contributed by atoms with Gasteiger partial charge in [0.05, 0.1) is 0 Å². The van der Waals surface area contributed by atoms with E-state index in [1.165, 1.54) is 10.9 Å². The van der Waals surface area contributed by atoms with Crippen molar-refractivity contribution >= 4 is 23.9 Å². The lowest BCUT2D eigenvalue weighted by Gasteiger charge is -2.35. The van der Waals surface area contributed by atoms with E-state index in [4.69, 9.17) is 15.0 Å². The van der Waals surface area contributed by atoms with Crippen LogP contribution in [0.1, 0.15) is 0 Å². The zero-order valence-electron chi connectivity index (χ0n) is 19.0. The van der Waals surface area contributed by atoms with Crippen molar-refractivity contribution in [2.75, 3.05) is 67.1 Å². The highest BCUT2D eigenvalue weighted by Gasteiger charge is 2.25. The lowest BCUT2D eigenvalue weighted by Crippen LogP contribution is -2.50. The molecule has 1 amide bonds. The second kappa shape index (κ2) is 11.6. The Labute approximate surface area is 194 Å². The smallest absolute Gasteiger partial charge is 0.329 e. The van der Waals surface area contributed by atoms with Crippen LogP contribution in [-0.4, -0.2) is 87.8 Å². The van der Waals surface area contributed by atoms with E-state index in [1.54, 1.807) is 41.6 Å². The Morgan fingerprint density at radius 2 is 1.36 bits per heavy atom. The Kier molecular flexibility index (Phi) is 8.34. The van der Waals surface area contributed by atoms with Crippen LogP contribution >= 0.6 is 0 Å². The summed E-state index contributed by atoms with van der Waals surface area (Å²) >= 11 is 0. The molecule has 0 spiro atoms. The lowest BCUT2D eigenvalue weighted by molar-refractivity contribution is 0.195. The van der Waals surface area contributed by atoms with Gasteiger partial charge < -0.3 is 19.6 Å². The van der Waals surface area contributed by atoms with Gasteiger partial charge in [0, 0.05) is 64.8 Å². The number of hydrogen-bond donors (Lipinski definition) is 0. The minimum atomic E-state index is -0.0875. The monoisotopic (exact) mass is 449 g/mol. The fourth-order valence-electron chi connectivity index (χ4n) is 3.50. The van der Waals surface area contributed by atoms with Crippen molar-refractivity contribution in [2.45, 2.75) is 0 Å². The number of amides is 1. The molecule has 1 saturated heterocycles. The molecule has 3 rings (SSSR count). The third-order valence-corrected chi connectivity index (χ3v) is 5.12. The summed E-state index contributed by atoms with van der Waals surface area (Å²) in [6, 6.07) is -0.0875. The van der Waals surface area contributed by atoms with Crippen molar-refractivity contribution in [3.63, 3.8) is 0 Å². The van der Waals surface area contributed by atoms with Crippen molar-refractivity contribution in [1.29, 1.82) is 0 Å². The SMILES string of the molecule is C=CCN(CC=C)c1nc(N(CC=C)CC=C)nc(N2CCN(C(=O)n3ccnc3)CC2)n1. The van der Waals surface area contributed by atoms with Gasteiger partial charge in [-0.3, -0.25) is 4.57 Å². The highest BCUT2D eigenvalue weighted by Crippen LogP contribution is 2.21. The van der Waals surface area contributed by atoms with Crippen LogP contribution in [-0.2, 0) is 0 Å². The molecule has 0 bridgehead atoms. The minimum Gasteiger partial charge on any atom is -0.337 e. The molecule has 174 valence electrons. The second-order valence-electron chi connectivity index (χ2n) is 7.43. The second-order valence-corrected chi connectivity index (χ2v) is 7.43. The first kappa shape index (κ1) is 23.7. The zero-order chi connectivity index (χ0) is 23.6. The number of rotatable bonds is 11. The van der Waals surface area contributed by atoms with Gasteiger partial charge in [-0.05, 0) is 0 Å². The van der Waals surface area contributed by atoms with Gasteiger partial charge in [0.1, 0.15) is 6.33 Å². The van der Waals surface area contributed by atoms with Gasteiger partial charge in [-0.25, -0.2) is 9.78 Å². The molecule has 10 nitrogen and oxygen atoms in total. The average Bonchev–Trinajstić information content (AvgIpc) is 3.38. The Balaban J connectivity index is 1.87. The molecule has 0 atom stereocenters. The van der Waals surface area contributed by atoms with Crippen molar-refractivity contribution in [3.05, 3.63) is 69.3 Å². The summed E-state index contributed by atoms with van der Waals surface area (Å²) in [4.78, 5) is 38.6. The summed E-state index contributed by atoms with van der Waals surface area (Å²) < 4.78 is 1.49. The van der Waals surface area contributed by atoms with Gasteiger partial charge in [-0.15, -0.1) is 26.3 Å². The van der Waals surface area contributed by atoms with Crippen molar-refractivity contribution in [1.82, 2.24) is 29.4 Å². The molecule has 1 aliphatic rings. The van der Waals surface area contributed by atoms with Crippen LogP contribution < -0.4 is 14.7 Å². The van der Waals surface area contributed by atoms with Gasteiger partial charge in [-0.2, -0.15) is 15.0 Å². The molecular weight excluding hydrogens is 418 g/mol. The number of aromatic nitrogens is 5. The summed E-state index contributed by atoms with van der Waals surface area (Å²) in [5.74, 6) is 1.66. The normalized spacial score (nSPS) is 13.3. The first-order valence-electron chi connectivity index (χ1n) is 10.8. The van der Waals surface area contributed by atoms with E-state index in [1.807, 2.05) is 9.80 Å². The molecule has 0 radical (unpaired) electrons. The lowest BCUT2D eigenvalue weighted by atomic mass is 10.3. The molecule has 33 heavy (non-hydrogen) atoms. The van der Waals surface area contributed by atoms with Crippen LogP contribution in [0.25, 0.3) is 0 Å². The number of nitrogens with zero attached hydrogens (tertiary/aromatic N) is 9. The first-order valence-corrected chi connectivity index (χ1v) is 10.8. The number of piperazine rings is 1. The highest BCUT2D eigenvalue weighted by molar-refractivity contribution is 5.77. The molecule has 10 heteroatoms. The Hall–Kier alpha value is -3.95. The molecule has 2 aromatic rings. The van der Waals surface area contributed by atoms with Gasteiger partial charge in [0.2, 0.25) is 17.8 Å². The van der Waals surface area contributed by atoms with Crippen LogP contribution in [0.3, 0.4) is 0 Å². The van der Waals surface area contributed by atoms with Crippen molar-refractivity contribution in [2.24, 2.45) is 0 Å². The first-order chi connectivity index (χ1) is 16.1. The fourth-order valence-corrected chi connectivity index (χ4v) is 3.50. The molecule has 1 fully saturated rings. The molecule has 3 heterocycles. The maximum absolute atomic E-state index is 12.6. The quantitative estimate of drug-likeness (QED) is 0.483. The van der Waals surface area contributed by atoms with Crippen LogP contribution in [0.2, 0.25) is 0 Å². The summed E-state index contributed by atoms with van der Waals surface area (Å²) in [6.45, 7) is 20.0. The van der Waals surface area contributed by atoms with Gasteiger partial charge in [0.15, 0.2) is 0 Å². The van der Waals surface area contributed by atoms with Crippen LogP contribution in [0, 0.1) is 0 Å². The van der Waals surface area contributed by atoms with Crippen LogP contribution in [0.15, 0.2) is 69.3 Å². The standard InChI is InChI=1S/C23H31N9O/c1-5-10-28(11-6-2)20-25-21(29(12-7-3)13-8-4)27-22(26-20)30-15-17-31(18-16-30)23(33)32-14-9-24-19-32/h5-9,14,19H,1-4,10-13,15-18H2. The van der Waals surface area contributed by atoms with Crippen LogP contribution in [0.5, 0.6) is 0 Å². The van der Waals surface area contributed by atoms with E-state index in [9.17, 15) is 4.79 Å². The Morgan fingerprint density at radius 1 is 0.848 bits per heavy atom. The van der Waals surface area contributed by atoms with E-state index in [-0.39, 0.29) is 6.03 Å². The van der Waals surface area contributed by atoms with Crippen LogP contribution in [0.4, 0.5) is 22.6 Å². The summed E-state index contributed by atoms with van der Waals surface area (Å²) in [5.41, 5.74) is 0. The van der Waals surface area contributed by atoms with E-state index in [0.29, 0.717) is 70.2 Å². The third-order valence-electron chi connectivity index (χ3n) is 5.12. The van der Waals surface area contributed by atoms with E-state index in [0.717, 1.165) is 0 Å². The largest absolute Gasteiger partial charge is 0.337 e. The molecule has 1 aliphatic heterocycles. The minimum absolute atomic E-state index is 0.0875. The Bertz CT molecular complexity index is 902. The van der Waals surface area contributed by atoms with E-state index < -0.39 is 0 Å². The zero-order valence-corrected chi connectivity index (χ0v) is 19.0. The molecular formula is C23H31N9O. The Morgan fingerprint density at radius 3 is 1.79 bits per heavy atom. The van der Waals surface area contributed by atoms with Gasteiger partial charge in [0.25, 0.3) is 0 Å². The maximum Gasteiger partial charge on any atom is 0.329 e.